The highest BCUT2D eigenvalue weighted by atomic mass is 32.1. The van der Waals surface area contributed by atoms with Gasteiger partial charge in [0.2, 0.25) is 5.01 Å². The van der Waals surface area contributed by atoms with Gasteiger partial charge in [-0.15, -0.1) is 11.3 Å². The maximum atomic E-state index is 11.5. The Kier molecular flexibility index (Phi) is 4.90. The average Bonchev–Trinajstić information content (AvgIpc) is 2.98. The normalized spacial score (nSPS) is 23.7. The zero-order chi connectivity index (χ0) is 13.8. The van der Waals surface area contributed by atoms with E-state index in [0.29, 0.717) is 24.1 Å². The fourth-order valence-electron chi connectivity index (χ4n) is 2.45. The first-order valence-electron chi connectivity index (χ1n) is 6.62. The van der Waals surface area contributed by atoms with Gasteiger partial charge in [-0.25, -0.2) is 9.78 Å². The van der Waals surface area contributed by atoms with Crippen LogP contribution in [0.1, 0.15) is 35.8 Å². The van der Waals surface area contributed by atoms with Crippen LogP contribution in [0.5, 0.6) is 0 Å². The molecule has 0 amide bonds. The summed E-state index contributed by atoms with van der Waals surface area (Å²) in [5.41, 5.74) is 0.876. The van der Waals surface area contributed by atoms with Crippen LogP contribution < -0.4 is 0 Å². The highest BCUT2D eigenvalue weighted by Gasteiger charge is 2.30. The third-order valence-corrected chi connectivity index (χ3v) is 4.42. The molecule has 1 aliphatic heterocycles. The van der Waals surface area contributed by atoms with Gasteiger partial charge in [0.1, 0.15) is 0 Å². The van der Waals surface area contributed by atoms with Crippen molar-refractivity contribution in [2.45, 2.75) is 32.9 Å². The minimum absolute atomic E-state index is 0.177. The van der Waals surface area contributed by atoms with Gasteiger partial charge in [-0.05, 0) is 25.8 Å². The van der Waals surface area contributed by atoms with Crippen molar-refractivity contribution in [1.29, 1.82) is 0 Å². The van der Waals surface area contributed by atoms with Crippen LogP contribution in [0.15, 0.2) is 5.38 Å². The Morgan fingerprint density at radius 3 is 3.16 bits per heavy atom. The lowest BCUT2D eigenvalue weighted by molar-refractivity contribution is 0.0525. The molecule has 2 rings (SSSR count). The third kappa shape index (κ3) is 3.32. The van der Waals surface area contributed by atoms with Crippen molar-refractivity contribution in [2.75, 3.05) is 19.8 Å². The molecule has 1 fully saturated rings. The van der Waals surface area contributed by atoms with E-state index >= 15 is 0 Å². The lowest BCUT2D eigenvalue weighted by Crippen LogP contribution is -2.34. The van der Waals surface area contributed by atoms with Crippen molar-refractivity contribution < 1.29 is 14.6 Å². The van der Waals surface area contributed by atoms with E-state index in [2.05, 4.69) is 16.8 Å². The van der Waals surface area contributed by atoms with E-state index in [1.807, 2.05) is 5.38 Å². The SMILES string of the molecule is CCOC(=O)c1nc(CN2CCC(C)C2CO)cs1. The van der Waals surface area contributed by atoms with Crippen LogP contribution in [0.25, 0.3) is 0 Å². The summed E-state index contributed by atoms with van der Waals surface area (Å²) in [4.78, 5) is 18.1. The maximum Gasteiger partial charge on any atom is 0.367 e. The van der Waals surface area contributed by atoms with Crippen molar-refractivity contribution in [1.82, 2.24) is 9.88 Å². The summed E-state index contributed by atoms with van der Waals surface area (Å²) in [5.74, 6) is 0.153. The number of aromatic nitrogens is 1. The topological polar surface area (TPSA) is 62.7 Å². The Bertz CT molecular complexity index is 435. The predicted molar refractivity (Wildman–Crippen MR) is 73.1 cm³/mol. The van der Waals surface area contributed by atoms with Crippen LogP contribution in [-0.4, -0.2) is 46.8 Å². The molecule has 106 valence electrons. The number of ether oxygens (including phenoxy) is 1. The number of hydrogen-bond acceptors (Lipinski definition) is 6. The first-order chi connectivity index (χ1) is 9.15. The lowest BCUT2D eigenvalue weighted by atomic mass is 10.0. The molecule has 6 heteroatoms. The summed E-state index contributed by atoms with van der Waals surface area (Å²) in [5, 5.41) is 11.7. The number of carbonyl (C=O) groups excluding carboxylic acids is 1. The number of nitrogens with zero attached hydrogens (tertiary/aromatic N) is 2. The van der Waals surface area contributed by atoms with E-state index in [4.69, 9.17) is 4.74 Å². The molecule has 0 aromatic carbocycles. The smallest absolute Gasteiger partial charge is 0.367 e. The predicted octanol–water partition coefficient (Wildman–Crippen LogP) is 1.52. The average molecular weight is 284 g/mol. The van der Waals surface area contributed by atoms with Gasteiger partial charge in [0.25, 0.3) is 0 Å². The van der Waals surface area contributed by atoms with Crippen LogP contribution in [0.3, 0.4) is 0 Å². The summed E-state index contributed by atoms with van der Waals surface area (Å²) < 4.78 is 4.93. The van der Waals surface area contributed by atoms with Gasteiger partial charge in [-0.2, -0.15) is 0 Å². The molecule has 1 aromatic rings. The maximum absolute atomic E-state index is 11.5. The molecule has 5 nitrogen and oxygen atoms in total. The Morgan fingerprint density at radius 2 is 2.47 bits per heavy atom. The standard InChI is InChI=1S/C13H20N2O3S/c1-3-18-13(17)12-14-10(8-19-12)6-15-5-4-9(2)11(15)7-16/h8-9,11,16H,3-7H2,1-2H3. The molecule has 2 atom stereocenters. The number of esters is 1. The molecule has 0 bridgehead atoms. The van der Waals surface area contributed by atoms with Gasteiger partial charge in [-0.3, -0.25) is 4.90 Å². The van der Waals surface area contributed by atoms with Gasteiger partial charge >= 0.3 is 5.97 Å². The Hall–Kier alpha value is -0.980. The summed E-state index contributed by atoms with van der Waals surface area (Å²) >= 11 is 1.32. The minimum Gasteiger partial charge on any atom is -0.461 e. The van der Waals surface area contributed by atoms with Crippen molar-refractivity contribution in [3.63, 3.8) is 0 Å². The molecule has 0 aliphatic carbocycles. The number of aliphatic hydroxyl groups is 1. The van der Waals surface area contributed by atoms with Gasteiger partial charge in [-0.1, -0.05) is 6.92 Å². The largest absolute Gasteiger partial charge is 0.461 e. The zero-order valence-electron chi connectivity index (χ0n) is 11.3. The highest BCUT2D eigenvalue weighted by molar-refractivity contribution is 7.11. The van der Waals surface area contributed by atoms with E-state index in [1.165, 1.54) is 11.3 Å². The number of likely N-dealkylation sites (tertiary alicyclic amines) is 1. The van der Waals surface area contributed by atoms with Crippen molar-refractivity contribution >= 4 is 17.3 Å². The van der Waals surface area contributed by atoms with Crippen LogP contribution in [0, 0.1) is 5.92 Å². The molecular weight excluding hydrogens is 264 g/mol. The summed E-state index contributed by atoms with van der Waals surface area (Å²) in [6.45, 7) is 6.14. The van der Waals surface area contributed by atoms with E-state index in [9.17, 15) is 9.90 Å². The molecule has 1 aliphatic rings. The molecule has 0 spiro atoms. The summed E-state index contributed by atoms with van der Waals surface area (Å²) in [6, 6.07) is 0.202. The third-order valence-electron chi connectivity index (χ3n) is 3.55. The van der Waals surface area contributed by atoms with E-state index in [0.717, 1.165) is 18.7 Å². The number of carbonyl (C=O) groups is 1. The van der Waals surface area contributed by atoms with Crippen LogP contribution in [0.4, 0.5) is 0 Å². The van der Waals surface area contributed by atoms with Crippen molar-refractivity contribution in [3.8, 4) is 0 Å². The molecule has 0 saturated carbocycles. The quantitative estimate of drug-likeness (QED) is 0.831. The molecule has 19 heavy (non-hydrogen) atoms. The van der Waals surface area contributed by atoms with E-state index < -0.39 is 0 Å². The molecule has 1 N–H and O–H groups in total. The first kappa shape index (κ1) is 14.4. The van der Waals surface area contributed by atoms with Crippen LogP contribution >= 0.6 is 11.3 Å². The molecule has 2 heterocycles. The van der Waals surface area contributed by atoms with Gasteiger partial charge in [0.05, 0.1) is 18.9 Å². The number of aliphatic hydroxyl groups excluding tert-OH is 1. The minimum atomic E-state index is -0.354. The zero-order valence-corrected chi connectivity index (χ0v) is 12.2. The lowest BCUT2D eigenvalue weighted by Gasteiger charge is -2.23. The molecule has 2 unspecified atom stereocenters. The Balaban J connectivity index is 1.98. The number of thiazole rings is 1. The van der Waals surface area contributed by atoms with Crippen molar-refractivity contribution in [2.24, 2.45) is 5.92 Å². The fraction of sp³-hybridized carbons (Fsp3) is 0.692. The van der Waals surface area contributed by atoms with Crippen LogP contribution in [0.2, 0.25) is 0 Å². The van der Waals surface area contributed by atoms with Crippen molar-refractivity contribution in [3.05, 3.63) is 16.1 Å². The second-order valence-corrected chi connectivity index (χ2v) is 5.71. The number of rotatable bonds is 5. The highest BCUT2D eigenvalue weighted by Crippen LogP contribution is 2.25. The Morgan fingerprint density at radius 1 is 1.68 bits per heavy atom. The Labute approximate surface area is 117 Å². The number of hydrogen-bond donors (Lipinski definition) is 1. The molecular formula is C13H20N2O3S. The van der Waals surface area contributed by atoms with Gasteiger partial charge in [0, 0.05) is 18.0 Å². The fourth-order valence-corrected chi connectivity index (χ4v) is 3.15. The summed E-state index contributed by atoms with van der Waals surface area (Å²) in [6.07, 6.45) is 1.10. The van der Waals surface area contributed by atoms with E-state index in [-0.39, 0.29) is 18.6 Å². The molecule has 1 saturated heterocycles. The summed E-state index contributed by atoms with van der Waals surface area (Å²) in [7, 11) is 0. The molecule has 1 aromatic heterocycles. The van der Waals surface area contributed by atoms with Gasteiger partial charge in [0.15, 0.2) is 0 Å². The second-order valence-electron chi connectivity index (χ2n) is 4.85. The second kappa shape index (κ2) is 6.45. The van der Waals surface area contributed by atoms with Gasteiger partial charge < -0.3 is 9.84 Å². The monoisotopic (exact) mass is 284 g/mol. The molecule has 0 radical (unpaired) electrons. The van der Waals surface area contributed by atoms with Crippen LogP contribution in [-0.2, 0) is 11.3 Å². The first-order valence-corrected chi connectivity index (χ1v) is 7.50. The van der Waals surface area contributed by atoms with E-state index in [1.54, 1.807) is 6.92 Å².